The minimum absolute atomic E-state index is 0.189. The molecule has 2 aliphatic heterocycles. The second-order valence-corrected chi connectivity index (χ2v) is 6.54. The quantitative estimate of drug-likeness (QED) is 0.901. The molecule has 7 nitrogen and oxygen atoms in total. The standard InChI is InChI=1S/C19H22N4O3/c24-18(22-13-15-2-1-7-20-12-15)17-4-3-16(14-21-17)23-8-5-19(6-9-23)25-10-11-26-19/h1-4,7,12,14H,5-6,8-11,13H2,(H,22,24). The first-order chi connectivity index (χ1) is 12.7. The molecule has 0 unspecified atom stereocenters. The maximum Gasteiger partial charge on any atom is 0.270 e. The summed E-state index contributed by atoms with van der Waals surface area (Å²) in [6.07, 6.45) is 6.89. The van der Waals surface area contributed by atoms with Crippen LogP contribution in [0.4, 0.5) is 5.69 Å². The first-order valence-corrected chi connectivity index (χ1v) is 8.90. The first-order valence-electron chi connectivity index (χ1n) is 8.90. The van der Waals surface area contributed by atoms with E-state index in [0.29, 0.717) is 25.5 Å². The Morgan fingerprint density at radius 2 is 1.96 bits per heavy atom. The maximum atomic E-state index is 12.2. The van der Waals surface area contributed by atoms with Gasteiger partial charge in [0.05, 0.1) is 25.1 Å². The summed E-state index contributed by atoms with van der Waals surface area (Å²) in [5.41, 5.74) is 2.38. The van der Waals surface area contributed by atoms with Crippen LogP contribution in [0.15, 0.2) is 42.9 Å². The fourth-order valence-electron chi connectivity index (χ4n) is 3.37. The highest BCUT2D eigenvalue weighted by Crippen LogP contribution is 2.32. The van der Waals surface area contributed by atoms with Crippen molar-refractivity contribution in [2.24, 2.45) is 0 Å². The zero-order chi connectivity index (χ0) is 17.8. The molecule has 0 radical (unpaired) electrons. The normalized spacial score (nSPS) is 18.8. The van der Waals surface area contributed by atoms with Crippen LogP contribution in [0.5, 0.6) is 0 Å². The fraction of sp³-hybridized carbons (Fsp3) is 0.421. The van der Waals surface area contributed by atoms with Crippen molar-refractivity contribution in [3.05, 3.63) is 54.1 Å². The van der Waals surface area contributed by atoms with Gasteiger partial charge in [-0.15, -0.1) is 0 Å². The van der Waals surface area contributed by atoms with Gasteiger partial charge < -0.3 is 19.7 Å². The van der Waals surface area contributed by atoms with Crippen LogP contribution in [-0.4, -0.2) is 48.0 Å². The lowest BCUT2D eigenvalue weighted by atomic mass is 10.0. The number of carbonyl (C=O) groups excluding carboxylic acids is 1. The molecule has 0 bridgehead atoms. The van der Waals surface area contributed by atoms with Crippen LogP contribution < -0.4 is 10.2 Å². The van der Waals surface area contributed by atoms with Gasteiger partial charge in [-0.05, 0) is 23.8 Å². The number of rotatable bonds is 4. The number of piperidine rings is 1. The lowest BCUT2D eigenvalue weighted by molar-refractivity contribution is -0.169. The molecular weight excluding hydrogens is 332 g/mol. The molecule has 2 aromatic rings. The van der Waals surface area contributed by atoms with E-state index in [2.05, 4.69) is 20.2 Å². The van der Waals surface area contributed by atoms with Gasteiger partial charge in [-0.25, -0.2) is 4.98 Å². The summed E-state index contributed by atoms with van der Waals surface area (Å²) in [4.78, 5) is 22.8. The van der Waals surface area contributed by atoms with Crippen LogP contribution in [0.3, 0.4) is 0 Å². The number of ether oxygens (including phenoxy) is 2. The Labute approximate surface area is 152 Å². The maximum absolute atomic E-state index is 12.2. The summed E-state index contributed by atoms with van der Waals surface area (Å²) < 4.78 is 11.5. The number of anilines is 1. The molecule has 0 atom stereocenters. The van der Waals surface area contributed by atoms with Crippen molar-refractivity contribution in [1.82, 2.24) is 15.3 Å². The molecule has 0 aliphatic carbocycles. The molecule has 2 saturated heterocycles. The Balaban J connectivity index is 1.32. The summed E-state index contributed by atoms with van der Waals surface area (Å²) >= 11 is 0. The summed E-state index contributed by atoms with van der Waals surface area (Å²) in [6.45, 7) is 3.52. The van der Waals surface area contributed by atoms with Crippen LogP contribution in [-0.2, 0) is 16.0 Å². The van der Waals surface area contributed by atoms with Crippen LogP contribution >= 0.6 is 0 Å². The zero-order valence-electron chi connectivity index (χ0n) is 14.6. The number of nitrogens with one attached hydrogen (secondary N) is 1. The van der Waals surface area contributed by atoms with E-state index in [1.165, 1.54) is 0 Å². The highest BCUT2D eigenvalue weighted by atomic mass is 16.7. The van der Waals surface area contributed by atoms with Gasteiger partial charge in [0, 0.05) is 44.9 Å². The van der Waals surface area contributed by atoms with Crippen molar-refractivity contribution >= 4 is 11.6 Å². The largest absolute Gasteiger partial charge is 0.370 e. The average Bonchev–Trinajstić information content (AvgIpc) is 3.16. The predicted octanol–water partition coefficient (Wildman–Crippen LogP) is 1.75. The molecule has 0 aromatic carbocycles. The average molecular weight is 354 g/mol. The van der Waals surface area contributed by atoms with Gasteiger partial charge in [-0.1, -0.05) is 6.07 Å². The summed E-state index contributed by atoms with van der Waals surface area (Å²) in [7, 11) is 0. The smallest absolute Gasteiger partial charge is 0.270 e. The van der Waals surface area contributed by atoms with Crippen molar-refractivity contribution in [1.29, 1.82) is 0 Å². The highest BCUT2D eigenvalue weighted by molar-refractivity contribution is 5.92. The number of hydrogen-bond acceptors (Lipinski definition) is 6. The van der Waals surface area contributed by atoms with Gasteiger partial charge in [-0.2, -0.15) is 0 Å². The van der Waals surface area contributed by atoms with Crippen LogP contribution in [0.2, 0.25) is 0 Å². The SMILES string of the molecule is O=C(NCc1cccnc1)c1ccc(N2CCC3(CC2)OCCO3)cn1. The van der Waals surface area contributed by atoms with E-state index in [-0.39, 0.29) is 11.7 Å². The van der Waals surface area contributed by atoms with Gasteiger partial charge in [0.15, 0.2) is 5.79 Å². The molecule has 1 N–H and O–H groups in total. The first kappa shape index (κ1) is 16.9. The Morgan fingerprint density at radius 1 is 1.15 bits per heavy atom. The molecule has 26 heavy (non-hydrogen) atoms. The summed E-state index contributed by atoms with van der Waals surface area (Å²) in [6, 6.07) is 7.48. The minimum Gasteiger partial charge on any atom is -0.370 e. The van der Waals surface area contributed by atoms with Crippen molar-refractivity contribution < 1.29 is 14.3 Å². The van der Waals surface area contributed by atoms with Gasteiger partial charge in [0.1, 0.15) is 5.69 Å². The molecule has 2 aliphatic rings. The van der Waals surface area contributed by atoms with Crippen molar-refractivity contribution in [3.63, 3.8) is 0 Å². The molecule has 1 spiro atoms. The van der Waals surface area contributed by atoms with E-state index in [1.54, 1.807) is 24.7 Å². The van der Waals surface area contributed by atoms with Crippen LogP contribution in [0, 0.1) is 0 Å². The molecule has 7 heteroatoms. The van der Waals surface area contributed by atoms with Crippen molar-refractivity contribution in [2.45, 2.75) is 25.2 Å². The minimum atomic E-state index is -0.379. The van der Waals surface area contributed by atoms with Gasteiger partial charge in [-0.3, -0.25) is 9.78 Å². The van der Waals surface area contributed by atoms with Crippen LogP contribution in [0.25, 0.3) is 0 Å². The summed E-state index contributed by atoms with van der Waals surface area (Å²) in [5, 5.41) is 2.86. The Bertz CT molecular complexity index is 735. The van der Waals surface area contributed by atoms with E-state index >= 15 is 0 Å². The number of pyridine rings is 2. The van der Waals surface area contributed by atoms with E-state index in [1.807, 2.05) is 18.2 Å². The van der Waals surface area contributed by atoms with E-state index in [9.17, 15) is 4.79 Å². The third-order valence-electron chi connectivity index (χ3n) is 4.86. The van der Waals surface area contributed by atoms with Gasteiger partial charge in [0.25, 0.3) is 5.91 Å². The lowest BCUT2D eigenvalue weighted by Gasteiger charge is -2.38. The second kappa shape index (κ2) is 7.39. The number of aromatic nitrogens is 2. The van der Waals surface area contributed by atoms with Crippen LogP contribution in [0.1, 0.15) is 28.9 Å². The lowest BCUT2D eigenvalue weighted by Crippen LogP contribution is -2.45. The molecule has 2 aromatic heterocycles. The number of carbonyl (C=O) groups is 1. The fourth-order valence-corrected chi connectivity index (χ4v) is 3.37. The molecule has 2 fully saturated rings. The molecular formula is C19H22N4O3. The van der Waals surface area contributed by atoms with E-state index < -0.39 is 0 Å². The molecule has 136 valence electrons. The van der Waals surface area contributed by atoms with Gasteiger partial charge in [0.2, 0.25) is 0 Å². The number of nitrogens with zero attached hydrogens (tertiary/aromatic N) is 3. The summed E-state index contributed by atoms with van der Waals surface area (Å²) in [5.74, 6) is -0.568. The predicted molar refractivity (Wildman–Crippen MR) is 95.7 cm³/mol. The molecule has 4 rings (SSSR count). The zero-order valence-corrected chi connectivity index (χ0v) is 14.6. The monoisotopic (exact) mass is 354 g/mol. The van der Waals surface area contributed by atoms with Gasteiger partial charge >= 0.3 is 0 Å². The third kappa shape index (κ3) is 3.68. The van der Waals surface area contributed by atoms with Crippen molar-refractivity contribution in [3.8, 4) is 0 Å². The topological polar surface area (TPSA) is 76.6 Å². The number of hydrogen-bond donors (Lipinski definition) is 1. The Kier molecular flexibility index (Phi) is 4.81. The molecule has 0 saturated carbocycles. The second-order valence-electron chi connectivity index (χ2n) is 6.54. The Morgan fingerprint density at radius 3 is 2.62 bits per heavy atom. The van der Waals surface area contributed by atoms with E-state index in [4.69, 9.17) is 9.47 Å². The Hall–Kier alpha value is -2.51. The number of amides is 1. The highest BCUT2D eigenvalue weighted by Gasteiger charge is 2.39. The molecule has 1 amide bonds. The molecule has 4 heterocycles. The van der Waals surface area contributed by atoms with Crippen molar-refractivity contribution in [2.75, 3.05) is 31.2 Å². The third-order valence-corrected chi connectivity index (χ3v) is 4.86. The van der Waals surface area contributed by atoms with E-state index in [0.717, 1.165) is 37.2 Å².